The lowest BCUT2D eigenvalue weighted by Crippen LogP contribution is -2.42. The van der Waals surface area contributed by atoms with E-state index in [4.69, 9.17) is 0 Å². The van der Waals surface area contributed by atoms with E-state index in [-0.39, 0.29) is 5.56 Å². The van der Waals surface area contributed by atoms with Gasteiger partial charge in [0.05, 0.1) is 4.88 Å². The van der Waals surface area contributed by atoms with Crippen LogP contribution in [0.5, 0.6) is 0 Å². The molecule has 0 saturated carbocycles. The zero-order valence-corrected chi connectivity index (χ0v) is 9.94. The first kappa shape index (κ1) is 12.1. The molecule has 2 heterocycles. The Bertz CT molecular complexity index is 569. The van der Waals surface area contributed by atoms with Gasteiger partial charge in [0.1, 0.15) is 5.56 Å². The van der Waals surface area contributed by atoms with Crippen LogP contribution in [0.15, 0.2) is 42.0 Å². The number of hydrogen-bond acceptors (Lipinski definition) is 4. The molecule has 0 spiro atoms. The molecule has 2 N–H and O–H groups in total. The molecule has 0 fully saturated rings. The molecule has 0 aliphatic carbocycles. The van der Waals surface area contributed by atoms with Gasteiger partial charge in [0.2, 0.25) is 0 Å². The van der Waals surface area contributed by atoms with Crippen molar-refractivity contribution in [1.29, 1.82) is 0 Å². The summed E-state index contributed by atoms with van der Waals surface area (Å²) in [5.41, 5.74) is 4.66. The van der Waals surface area contributed by atoms with Crippen LogP contribution in [0.1, 0.15) is 20.0 Å². The molecule has 0 bridgehead atoms. The molecule has 0 saturated heterocycles. The summed E-state index contributed by atoms with van der Waals surface area (Å²) in [6.07, 6.45) is 2.38. The average Bonchev–Trinajstić information content (AvgIpc) is 2.89. The van der Waals surface area contributed by atoms with Crippen molar-refractivity contribution in [2.45, 2.75) is 0 Å². The van der Waals surface area contributed by atoms with Gasteiger partial charge in [-0.05, 0) is 17.5 Å². The minimum absolute atomic E-state index is 0.166. The van der Waals surface area contributed by atoms with Gasteiger partial charge >= 0.3 is 0 Å². The predicted molar refractivity (Wildman–Crippen MR) is 64.7 cm³/mol. The summed E-state index contributed by atoms with van der Waals surface area (Å²) in [6.45, 7) is 0. The molecule has 92 valence electrons. The molecule has 0 aliphatic rings. The maximum atomic E-state index is 11.6. The standard InChI is InChI=1S/C11H9N3O3S/c15-10(8-3-1-5-14(17)7-8)12-13-11(16)9-4-2-6-18-9/h1-7H,(H,12,15)(H,13,16). The fourth-order valence-corrected chi connectivity index (χ4v) is 1.86. The Balaban J connectivity index is 1.95. The summed E-state index contributed by atoms with van der Waals surface area (Å²) in [5, 5.41) is 12.7. The first-order chi connectivity index (χ1) is 8.66. The van der Waals surface area contributed by atoms with Crippen molar-refractivity contribution >= 4 is 23.2 Å². The van der Waals surface area contributed by atoms with Crippen molar-refractivity contribution in [2.75, 3.05) is 0 Å². The van der Waals surface area contributed by atoms with Crippen LogP contribution in [-0.2, 0) is 0 Å². The summed E-state index contributed by atoms with van der Waals surface area (Å²) < 4.78 is 0.510. The second-order valence-corrected chi connectivity index (χ2v) is 4.29. The molecule has 7 heteroatoms. The number of nitrogens with one attached hydrogen (secondary N) is 2. The van der Waals surface area contributed by atoms with Gasteiger partial charge in [-0.25, -0.2) is 0 Å². The van der Waals surface area contributed by atoms with E-state index in [0.29, 0.717) is 9.61 Å². The molecule has 2 amide bonds. The second kappa shape index (κ2) is 5.28. The monoisotopic (exact) mass is 263 g/mol. The van der Waals surface area contributed by atoms with Crippen LogP contribution in [-0.4, -0.2) is 11.8 Å². The van der Waals surface area contributed by atoms with E-state index in [9.17, 15) is 14.8 Å². The van der Waals surface area contributed by atoms with Crippen LogP contribution >= 0.6 is 11.3 Å². The highest BCUT2D eigenvalue weighted by Crippen LogP contribution is 2.07. The van der Waals surface area contributed by atoms with E-state index in [0.717, 1.165) is 6.20 Å². The quantitative estimate of drug-likeness (QED) is 0.469. The molecule has 0 unspecified atom stereocenters. The largest absolute Gasteiger partial charge is 0.619 e. The Morgan fingerprint density at radius 3 is 2.61 bits per heavy atom. The first-order valence-electron chi connectivity index (χ1n) is 5.00. The Kier molecular flexibility index (Phi) is 3.54. The van der Waals surface area contributed by atoms with Gasteiger partial charge < -0.3 is 5.21 Å². The highest BCUT2D eigenvalue weighted by atomic mass is 32.1. The molecule has 0 atom stereocenters. The average molecular weight is 263 g/mol. The summed E-state index contributed by atoms with van der Waals surface area (Å²) in [4.78, 5) is 23.6. The van der Waals surface area contributed by atoms with Gasteiger partial charge in [-0.2, -0.15) is 4.73 Å². The van der Waals surface area contributed by atoms with E-state index in [2.05, 4.69) is 10.9 Å². The molecule has 0 radical (unpaired) electrons. The number of rotatable bonds is 2. The fraction of sp³-hybridized carbons (Fsp3) is 0. The fourth-order valence-electron chi connectivity index (χ4n) is 1.24. The number of nitrogens with zero attached hydrogens (tertiary/aromatic N) is 1. The number of hydrazine groups is 1. The third-order valence-corrected chi connectivity index (χ3v) is 2.94. The summed E-state index contributed by atoms with van der Waals surface area (Å²) in [5.74, 6) is -0.950. The molecule has 18 heavy (non-hydrogen) atoms. The van der Waals surface area contributed by atoms with Gasteiger partial charge in [-0.1, -0.05) is 6.07 Å². The number of pyridine rings is 1. The Morgan fingerprint density at radius 2 is 1.94 bits per heavy atom. The Labute approximate surface area is 106 Å². The van der Waals surface area contributed by atoms with E-state index in [1.54, 1.807) is 17.5 Å². The lowest BCUT2D eigenvalue weighted by atomic mass is 10.3. The van der Waals surface area contributed by atoms with Crippen molar-refractivity contribution in [1.82, 2.24) is 10.9 Å². The maximum Gasteiger partial charge on any atom is 0.279 e. The van der Waals surface area contributed by atoms with Crippen molar-refractivity contribution < 1.29 is 14.3 Å². The third kappa shape index (κ3) is 2.83. The van der Waals surface area contributed by atoms with Crippen molar-refractivity contribution in [2.24, 2.45) is 0 Å². The normalized spacial score (nSPS) is 9.78. The van der Waals surface area contributed by atoms with E-state index in [1.807, 2.05) is 0 Å². The molecule has 2 rings (SSSR count). The van der Waals surface area contributed by atoms with E-state index in [1.165, 1.54) is 29.7 Å². The molecule has 6 nitrogen and oxygen atoms in total. The third-order valence-electron chi connectivity index (χ3n) is 2.07. The highest BCUT2D eigenvalue weighted by molar-refractivity contribution is 7.12. The molecular weight excluding hydrogens is 254 g/mol. The number of amides is 2. The zero-order valence-electron chi connectivity index (χ0n) is 9.12. The molecule has 0 aliphatic heterocycles. The van der Waals surface area contributed by atoms with Gasteiger partial charge in [0, 0.05) is 6.07 Å². The van der Waals surface area contributed by atoms with Crippen LogP contribution in [0.3, 0.4) is 0 Å². The minimum atomic E-state index is -0.551. The Hall–Kier alpha value is -2.41. The molecule has 2 aromatic rings. The minimum Gasteiger partial charge on any atom is -0.619 e. The van der Waals surface area contributed by atoms with Crippen LogP contribution in [0.25, 0.3) is 0 Å². The van der Waals surface area contributed by atoms with Crippen molar-refractivity contribution in [3.8, 4) is 0 Å². The van der Waals surface area contributed by atoms with Gasteiger partial charge in [0.25, 0.3) is 11.8 Å². The van der Waals surface area contributed by atoms with Gasteiger partial charge in [0.15, 0.2) is 12.4 Å². The smallest absolute Gasteiger partial charge is 0.279 e. The second-order valence-electron chi connectivity index (χ2n) is 3.34. The van der Waals surface area contributed by atoms with Gasteiger partial charge in [-0.15, -0.1) is 11.3 Å². The van der Waals surface area contributed by atoms with E-state index >= 15 is 0 Å². The molecule has 2 aromatic heterocycles. The highest BCUT2D eigenvalue weighted by Gasteiger charge is 2.11. The number of thiophene rings is 1. The van der Waals surface area contributed by atoms with Crippen LogP contribution in [0.4, 0.5) is 0 Å². The molecule has 0 aromatic carbocycles. The first-order valence-corrected chi connectivity index (χ1v) is 5.88. The van der Waals surface area contributed by atoms with Gasteiger partial charge in [-0.3, -0.25) is 20.4 Å². The summed E-state index contributed by atoms with van der Waals surface area (Å²) >= 11 is 1.26. The summed E-state index contributed by atoms with van der Waals surface area (Å²) in [6, 6.07) is 6.29. The van der Waals surface area contributed by atoms with E-state index < -0.39 is 11.8 Å². The van der Waals surface area contributed by atoms with Crippen LogP contribution < -0.4 is 15.6 Å². The van der Waals surface area contributed by atoms with Crippen LogP contribution in [0, 0.1) is 5.21 Å². The zero-order chi connectivity index (χ0) is 13.0. The summed E-state index contributed by atoms with van der Waals surface area (Å²) in [7, 11) is 0. The number of aromatic nitrogens is 1. The van der Waals surface area contributed by atoms with Crippen LogP contribution in [0.2, 0.25) is 0 Å². The lowest BCUT2D eigenvalue weighted by Gasteiger charge is -2.05. The SMILES string of the molecule is O=C(NNC(=O)c1cccs1)c1ccc[n+]([O-])c1. The number of carbonyl (C=O) groups excluding carboxylic acids is 2. The van der Waals surface area contributed by atoms with Crippen molar-refractivity contribution in [3.63, 3.8) is 0 Å². The topological polar surface area (TPSA) is 85.1 Å². The lowest BCUT2D eigenvalue weighted by molar-refractivity contribution is -0.605. The Morgan fingerprint density at radius 1 is 1.17 bits per heavy atom. The molecular formula is C11H9N3O3S. The maximum absolute atomic E-state index is 11.6. The number of carbonyl (C=O) groups is 2. The number of hydrogen-bond donors (Lipinski definition) is 2. The van der Waals surface area contributed by atoms with Crippen molar-refractivity contribution in [3.05, 3.63) is 57.7 Å². The predicted octanol–water partition coefficient (Wildman–Crippen LogP) is 0.456.